The van der Waals surface area contributed by atoms with Crippen LogP contribution in [0.4, 0.5) is 4.79 Å². The maximum atomic E-state index is 12.7. The molecule has 4 unspecified atom stereocenters. The Morgan fingerprint density at radius 3 is 2.35 bits per heavy atom. The molecule has 1 aromatic heterocycles. The Labute approximate surface area is 201 Å². The number of hydrogen-bond acceptors (Lipinski definition) is 5. The maximum absolute atomic E-state index is 12.7. The minimum absolute atomic E-state index is 0.0478. The van der Waals surface area contributed by atoms with Crippen LogP contribution in [-0.2, 0) is 11.2 Å². The highest BCUT2D eigenvalue weighted by Gasteiger charge is 2.52. The largest absolute Gasteiger partial charge is 0.508 e. The lowest BCUT2D eigenvalue weighted by atomic mass is 9.93. The molecule has 3 fully saturated rings. The van der Waals surface area contributed by atoms with Gasteiger partial charge in [0.25, 0.3) is 0 Å². The molecule has 180 valence electrons. The Balaban J connectivity index is 1.48. The predicted molar refractivity (Wildman–Crippen MR) is 129 cm³/mol. The summed E-state index contributed by atoms with van der Waals surface area (Å²) in [6.45, 7) is 3.37. The number of ether oxygens (including phenoxy) is 1. The van der Waals surface area contributed by atoms with Gasteiger partial charge in [0.2, 0.25) is 0 Å². The monoisotopic (exact) mass is 461 g/mol. The van der Waals surface area contributed by atoms with Crippen LogP contribution >= 0.6 is 0 Å². The zero-order valence-corrected chi connectivity index (χ0v) is 20.1. The van der Waals surface area contributed by atoms with E-state index in [4.69, 9.17) is 14.7 Å². The summed E-state index contributed by atoms with van der Waals surface area (Å²) < 4.78 is 5.42. The first-order chi connectivity index (χ1) is 16.6. The fourth-order valence-corrected chi connectivity index (χ4v) is 6.81. The molecule has 0 bridgehead atoms. The molecule has 1 aromatic carbocycles. The van der Waals surface area contributed by atoms with Gasteiger partial charge in [-0.2, -0.15) is 0 Å². The molecule has 1 saturated heterocycles. The zero-order valence-electron chi connectivity index (χ0n) is 20.1. The first kappa shape index (κ1) is 21.9. The van der Waals surface area contributed by atoms with Gasteiger partial charge in [0.05, 0.1) is 24.0 Å². The Morgan fingerprint density at radius 2 is 1.62 bits per heavy atom. The molecular weight excluding hydrogens is 426 g/mol. The number of aromatic hydroxyl groups is 1. The van der Waals surface area contributed by atoms with Crippen LogP contribution in [0.15, 0.2) is 24.3 Å². The third-order valence-electron chi connectivity index (χ3n) is 8.52. The fraction of sp³-hybridized carbons (Fsp3) is 0.607. The molecule has 2 aliphatic heterocycles. The van der Waals surface area contributed by atoms with Gasteiger partial charge in [0.1, 0.15) is 5.75 Å². The number of amides is 1. The number of benzene rings is 1. The van der Waals surface area contributed by atoms with E-state index >= 15 is 0 Å². The maximum Gasteiger partial charge on any atom is 0.410 e. The molecule has 34 heavy (non-hydrogen) atoms. The number of fused-ring (bicyclic) bond motifs is 4. The number of hydrogen-bond donors (Lipinski definition) is 1. The van der Waals surface area contributed by atoms with Gasteiger partial charge in [-0.05, 0) is 66.8 Å². The Bertz CT molecular complexity index is 1060. The standard InChI is InChI=1S/C28H35N3O3/c1-17-15-22-25(23-13-14-34-28(33)31(23)16-17)29-27(18-9-11-19(32)12-10-18)30-26(22)24-20-7-5-3-2-4-6-8-21(20)24/h9-12,17,20-21,23-24,32H,2-8,13-16H2,1H3. The van der Waals surface area contributed by atoms with E-state index in [1.54, 1.807) is 12.1 Å². The lowest BCUT2D eigenvalue weighted by Gasteiger charge is -2.34. The molecule has 0 spiro atoms. The highest BCUT2D eigenvalue weighted by Crippen LogP contribution is 2.60. The van der Waals surface area contributed by atoms with Crippen LogP contribution in [0.25, 0.3) is 11.4 Å². The third kappa shape index (κ3) is 3.95. The van der Waals surface area contributed by atoms with Crippen molar-refractivity contribution in [2.24, 2.45) is 17.8 Å². The predicted octanol–water partition coefficient (Wildman–Crippen LogP) is 6.00. The number of rotatable bonds is 2. The van der Waals surface area contributed by atoms with Crippen molar-refractivity contribution in [3.8, 4) is 17.1 Å². The summed E-state index contributed by atoms with van der Waals surface area (Å²) in [5.74, 6) is 3.28. The summed E-state index contributed by atoms with van der Waals surface area (Å²) >= 11 is 0. The molecule has 0 radical (unpaired) electrons. The van der Waals surface area contributed by atoms with Crippen molar-refractivity contribution in [1.82, 2.24) is 14.9 Å². The summed E-state index contributed by atoms with van der Waals surface area (Å²) in [5.41, 5.74) is 4.49. The van der Waals surface area contributed by atoms with E-state index in [2.05, 4.69) is 6.92 Å². The van der Waals surface area contributed by atoms with Crippen molar-refractivity contribution in [3.05, 3.63) is 41.2 Å². The molecule has 3 heterocycles. The number of aromatic nitrogens is 2. The molecular formula is C28H35N3O3. The summed E-state index contributed by atoms with van der Waals surface area (Å²) in [4.78, 5) is 25.0. The minimum atomic E-state index is -0.216. The van der Waals surface area contributed by atoms with Gasteiger partial charge in [0.15, 0.2) is 5.82 Å². The molecule has 4 atom stereocenters. The van der Waals surface area contributed by atoms with E-state index in [0.29, 0.717) is 25.0 Å². The summed E-state index contributed by atoms with van der Waals surface area (Å²) in [6, 6.07) is 7.14. The van der Waals surface area contributed by atoms with E-state index in [1.807, 2.05) is 17.0 Å². The van der Waals surface area contributed by atoms with Gasteiger partial charge in [-0.15, -0.1) is 0 Å². The van der Waals surface area contributed by atoms with Crippen molar-refractivity contribution in [2.75, 3.05) is 13.2 Å². The van der Waals surface area contributed by atoms with E-state index in [9.17, 15) is 9.90 Å². The van der Waals surface area contributed by atoms with Crippen LogP contribution < -0.4 is 0 Å². The van der Waals surface area contributed by atoms with Gasteiger partial charge in [-0.25, -0.2) is 14.8 Å². The topological polar surface area (TPSA) is 75.5 Å². The van der Waals surface area contributed by atoms with Crippen molar-refractivity contribution in [1.29, 1.82) is 0 Å². The van der Waals surface area contributed by atoms with Gasteiger partial charge >= 0.3 is 6.09 Å². The number of cyclic esters (lactones) is 1. The SMILES string of the molecule is CC1Cc2c(C3C4CCCCCCCC43)nc(-c3ccc(O)cc3)nc2C2CCOC(=O)N2C1. The van der Waals surface area contributed by atoms with Gasteiger partial charge < -0.3 is 9.84 Å². The third-order valence-corrected chi connectivity index (χ3v) is 8.52. The molecule has 1 N–H and O–H groups in total. The second-order valence-corrected chi connectivity index (χ2v) is 10.9. The minimum Gasteiger partial charge on any atom is -0.508 e. The van der Waals surface area contributed by atoms with Crippen molar-refractivity contribution < 1.29 is 14.6 Å². The normalized spacial score (nSPS) is 31.0. The van der Waals surface area contributed by atoms with Crippen molar-refractivity contribution in [2.45, 2.75) is 76.7 Å². The fourth-order valence-electron chi connectivity index (χ4n) is 6.81. The van der Waals surface area contributed by atoms with E-state index in [0.717, 1.165) is 41.8 Å². The molecule has 2 aliphatic carbocycles. The van der Waals surface area contributed by atoms with Gasteiger partial charge in [0, 0.05) is 24.4 Å². The van der Waals surface area contributed by atoms with Crippen LogP contribution in [0.1, 0.15) is 87.2 Å². The van der Waals surface area contributed by atoms with Crippen LogP contribution in [0, 0.1) is 17.8 Å². The molecule has 2 saturated carbocycles. The quantitative estimate of drug-likeness (QED) is 0.594. The Morgan fingerprint density at radius 1 is 0.941 bits per heavy atom. The van der Waals surface area contributed by atoms with Crippen LogP contribution in [0.2, 0.25) is 0 Å². The number of phenolic OH excluding ortho intramolecular Hbond substituents is 1. The molecule has 6 rings (SSSR count). The second-order valence-electron chi connectivity index (χ2n) is 10.9. The summed E-state index contributed by atoms with van der Waals surface area (Å²) in [5, 5.41) is 9.82. The zero-order chi connectivity index (χ0) is 23.2. The number of carbonyl (C=O) groups is 1. The molecule has 1 amide bonds. The van der Waals surface area contributed by atoms with Gasteiger partial charge in [-0.3, -0.25) is 4.90 Å². The first-order valence-electron chi connectivity index (χ1n) is 13.2. The molecule has 4 aliphatic rings. The second kappa shape index (κ2) is 8.86. The van der Waals surface area contributed by atoms with Crippen molar-refractivity contribution in [3.63, 3.8) is 0 Å². The molecule has 2 aromatic rings. The van der Waals surface area contributed by atoms with Crippen molar-refractivity contribution >= 4 is 6.09 Å². The van der Waals surface area contributed by atoms with E-state index < -0.39 is 0 Å². The summed E-state index contributed by atoms with van der Waals surface area (Å²) in [7, 11) is 0. The van der Waals surface area contributed by atoms with Crippen LogP contribution in [-0.4, -0.2) is 39.2 Å². The summed E-state index contributed by atoms with van der Waals surface area (Å²) in [6.07, 6.45) is 10.8. The lowest BCUT2D eigenvalue weighted by Crippen LogP contribution is -2.42. The smallest absolute Gasteiger partial charge is 0.410 e. The molecule has 6 heteroatoms. The average Bonchev–Trinajstić information content (AvgIpc) is 3.52. The Hall–Kier alpha value is -2.63. The van der Waals surface area contributed by atoms with E-state index in [1.165, 1.54) is 56.2 Å². The van der Waals surface area contributed by atoms with Crippen LogP contribution in [0.5, 0.6) is 5.75 Å². The van der Waals surface area contributed by atoms with E-state index in [-0.39, 0.29) is 17.9 Å². The van der Waals surface area contributed by atoms with Gasteiger partial charge in [-0.1, -0.05) is 39.0 Å². The number of phenols is 1. The Kier molecular flexibility index (Phi) is 5.70. The highest BCUT2D eigenvalue weighted by atomic mass is 16.6. The highest BCUT2D eigenvalue weighted by molar-refractivity contribution is 5.69. The first-order valence-corrected chi connectivity index (χ1v) is 13.2. The lowest BCUT2D eigenvalue weighted by molar-refractivity contribution is 0.0391. The van der Waals surface area contributed by atoms with Crippen LogP contribution in [0.3, 0.4) is 0 Å². The molecule has 6 nitrogen and oxygen atoms in total. The average molecular weight is 462 g/mol. The number of nitrogens with zero attached hydrogens (tertiary/aromatic N) is 3. The number of carbonyl (C=O) groups excluding carboxylic acids is 1.